The molecule has 0 radical (unpaired) electrons. The van der Waals surface area contributed by atoms with Crippen LogP contribution in [-0.4, -0.2) is 10.8 Å². The zero-order valence-corrected chi connectivity index (χ0v) is 16.9. The number of thioether (sulfide) groups is 1. The molecule has 4 nitrogen and oxygen atoms in total. The van der Waals surface area contributed by atoms with Crippen molar-refractivity contribution < 1.29 is 9.52 Å². The number of aryl methyl sites for hydroxylation is 1. The van der Waals surface area contributed by atoms with Gasteiger partial charge >= 0.3 is 5.63 Å². The summed E-state index contributed by atoms with van der Waals surface area (Å²) in [5.74, 6) is 0.272. The summed E-state index contributed by atoms with van der Waals surface area (Å²) < 4.78 is 6.22. The Hall–Kier alpha value is -2.31. The molecule has 0 saturated carbocycles. The van der Waals surface area contributed by atoms with Crippen LogP contribution >= 0.6 is 27.7 Å². The van der Waals surface area contributed by atoms with Crippen LogP contribution in [0.2, 0.25) is 0 Å². The fourth-order valence-corrected chi connectivity index (χ4v) is 4.76. The van der Waals surface area contributed by atoms with Crippen molar-refractivity contribution in [1.82, 2.24) is 0 Å². The third kappa shape index (κ3) is 3.73. The van der Waals surface area contributed by atoms with E-state index >= 15 is 0 Å². The van der Waals surface area contributed by atoms with E-state index in [0.29, 0.717) is 17.9 Å². The lowest BCUT2D eigenvalue weighted by Crippen LogP contribution is -2.16. The molecule has 0 aliphatic carbocycles. The van der Waals surface area contributed by atoms with Gasteiger partial charge in [0.05, 0.1) is 11.4 Å². The first kappa shape index (κ1) is 18.1. The highest BCUT2D eigenvalue weighted by atomic mass is 79.9. The van der Waals surface area contributed by atoms with E-state index in [1.54, 1.807) is 18.7 Å². The topological polar surface area (TPSA) is 62.8 Å². The summed E-state index contributed by atoms with van der Waals surface area (Å²) in [5, 5.41) is 10.5. The molecule has 1 aromatic heterocycles. The Labute approximate surface area is 169 Å². The van der Waals surface area contributed by atoms with E-state index < -0.39 is 5.63 Å². The lowest BCUT2D eigenvalue weighted by atomic mass is 10.0. The fraction of sp³-hybridized carbons (Fsp3) is 0.143. The van der Waals surface area contributed by atoms with E-state index in [2.05, 4.69) is 28.1 Å². The summed E-state index contributed by atoms with van der Waals surface area (Å²) in [7, 11) is 0. The third-order valence-corrected chi connectivity index (χ3v) is 6.15. The molecule has 136 valence electrons. The van der Waals surface area contributed by atoms with Gasteiger partial charge < -0.3 is 9.52 Å². The Morgan fingerprint density at radius 3 is 2.78 bits per heavy atom. The molecule has 1 atom stereocenters. The number of aromatic hydroxyl groups is 1. The summed E-state index contributed by atoms with van der Waals surface area (Å²) in [6, 6.07) is 17.4. The monoisotopic (exact) mass is 441 g/mol. The largest absolute Gasteiger partial charge is 0.507 e. The summed E-state index contributed by atoms with van der Waals surface area (Å²) in [6.07, 6.45) is 0.497. The Balaban J connectivity index is 1.88. The predicted molar refractivity (Wildman–Crippen MR) is 111 cm³/mol. The first-order valence-electron chi connectivity index (χ1n) is 8.44. The molecule has 2 aromatic carbocycles. The van der Waals surface area contributed by atoms with Crippen molar-refractivity contribution in [3.05, 3.63) is 86.4 Å². The van der Waals surface area contributed by atoms with Gasteiger partial charge in [-0.05, 0) is 36.8 Å². The maximum Gasteiger partial charge on any atom is 0.348 e. The van der Waals surface area contributed by atoms with Gasteiger partial charge in [-0.2, -0.15) is 0 Å². The van der Waals surface area contributed by atoms with Crippen molar-refractivity contribution in [2.45, 2.75) is 23.5 Å². The van der Waals surface area contributed by atoms with E-state index in [0.717, 1.165) is 20.6 Å². The van der Waals surface area contributed by atoms with Gasteiger partial charge in [0, 0.05) is 27.1 Å². The maximum atomic E-state index is 12.5. The van der Waals surface area contributed by atoms with Crippen molar-refractivity contribution in [3.63, 3.8) is 0 Å². The average Bonchev–Trinajstić information content (AvgIpc) is 2.80. The van der Waals surface area contributed by atoms with E-state index in [1.165, 1.54) is 6.07 Å². The Morgan fingerprint density at radius 2 is 2.00 bits per heavy atom. The number of halogens is 1. The summed E-state index contributed by atoms with van der Waals surface area (Å²) in [5.41, 5.74) is 2.01. The number of hydrogen-bond donors (Lipinski definition) is 1. The predicted octanol–water partition coefficient (Wildman–Crippen LogP) is 5.77. The second-order valence-corrected chi connectivity index (χ2v) is 8.46. The minimum Gasteiger partial charge on any atom is -0.507 e. The van der Waals surface area contributed by atoms with Gasteiger partial charge in [-0.25, -0.2) is 4.79 Å². The van der Waals surface area contributed by atoms with Crippen molar-refractivity contribution in [2.75, 3.05) is 0 Å². The minimum absolute atomic E-state index is 0.0463. The molecule has 2 heterocycles. The van der Waals surface area contributed by atoms with Gasteiger partial charge in [0.2, 0.25) is 0 Å². The molecule has 1 aliphatic rings. The number of hydrogen-bond acceptors (Lipinski definition) is 5. The summed E-state index contributed by atoms with van der Waals surface area (Å²) in [6.45, 7) is 1.63. The molecule has 27 heavy (non-hydrogen) atoms. The highest BCUT2D eigenvalue weighted by molar-refractivity contribution is 9.10. The van der Waals surface area contributed by atoms with Crippen molar-refractivity contribution in [3.8, 4) is 5.75 Å². The van der Waals surface area contributed by atoms with E-state index in [4.69, 9.17) is 9.41 Å². The second-order valence-electron chi connectivity index (χ2n) is 6.30. The molecule has 0 bridgehead atoms. The van der Waals surface area contributed by atoms with Crippen LogP contribution in [0.15, 0.2) is 78.2 Å². The number of aliphatic imine (C=N–C) groups is 1. The zero-order valence-electron chi connectivity index (χ0n) is 14.5. The first-order chi connectivity index (χ1) is 13.0. The molecule has 0 fully saturated rings. The molecule has 4 rings (SSSR count). The lowest BCUT2D eigenvalue weighted by molar-refractivity contribution is 0.432. The van der Waals surface area contributed by atoms with E-state index in [9.17, 15) is 9.90 Å². The first-order valence-corrected chi connectivity index (χ1v) is 10.1. The van der Waals surface area contributed by atoms with E-state index in [1.807, 2.05) is 36.4 Å². The molecule has 1 unspecified atom stereocenters. The smallest absolute Gasteiger partial charge is 0.348 e. The Kier molecular flexibility index (Phi) is 4.93. The van der Waals surface area contributed by atoms with Gasteiger partial charge in [0.15, 0.2) is 0 Å². The van der Waals surface area contributed by atoms with E-state index in [-0.39, 0.29) is 16.6 Å². The highest BCUT2D eigenvalue weighted by Gasteiger charge is 2.26. The van der Waals surface area contributed by atoms with Gasteiger partial charge in [-0.3, -0.25) is 4.99 Å². The number of rotatable bonds is 2. The number of benzene rings is 2. The second kappa shape index (κ2) is 7.37. The third-order valence-electron chi connectivity index (χ3n) is 4.33. The number of nitrogens with zero attached hydrogens (tertiary/aromatic N) is 1. The molecule has 0 saturated heterocycles. The van der Waals surface area contributed by atoms with Gasteiger partial charge in [-0.15, -0.1) is 11.8 Å². The number of fused-ring (bicyclic) bond motifs is 1. The molecular weight excluding hydrogens is 426 g/mol. The lowest BCUT2D eigenvalue weighted by Gasteiger charge is -2.16. The molecule has 0 spiro atoms. The van der Waals surface area contributed by atoms with Crippen molar-refractivity contribution >= 4 is 39.1 Å². The highest BCUT2D eigenvalue weighted by Crippen LogP contribution is 2.46. The standard InChI is InChI=1S/C21H16BrNO3S/c1-12-9-17(24)20(21(25)26-12)16-11-19(13-5-4-6-14(22)10-13)27-18-8-3-2-7-15(18)23-16/h2-10,19,24H,11H2,1H3. The molecule has 3 aromatic rings. The van der Waals surface area contributed by atoms with Crippen LogP contribution in [0.5, 0.6) is 5.75 Å². The summed E-state index contributed by atoms with van der Waals surface area (Å²) >= 11 is 5.23. The van der Waals surface area contributed by atoms with Gasteiger partial charge in [-0.1, -0.05) is 40.2 Å². The van der Waals surface area contributed by atoms with Crippen LogP contribution in [0, 0.1) is 6.92 Å². The SMILES string of the molecule is Cc1cc(O)c(C2=Nc3ccccc3SC(c3cccc(Br)c3)C2)c(=O)o1. The van der Waals surface area contributed by atoms with Crippen molar-refractivity contribution in [1.29, 1.82) is 0 Å². The van der Waals surface area contributed by atoms with Gasteiger partial charge in [0.1, 0.15) is 17.1 Å². The quantitative estimate of drug-likeness (QED) is 0.547. The van der Waals surface area contributed by atoms with Crippen LogP contribution in [0.4, 0.5) is 5.69 Å². The zero-order chi connectivity index (χ0) is 19.0. The molecule has 1 aliphatic heterocycles. The van der Waals surface area contributed by atoms with Crippen LogP contribution in [0.1, 0.15) is 28.6 Å². The van der Waals surface area contributed by atoms with Crippen LogP contribution < -0.4 is 5.63 Å². The molecule has 1 N–H and O–H groups in total. The molecule has 0 amide bonds. The van der Waals surface area contributed by atoms with Crippen LogP contribution in [0.3, 0.4) is 0 Å². The van der Waals surface area contributed by atoms with Crippen molar-refractivity contribution in [2.24, 2.45) is 4.99 Å². The normalized spacial score (nSPS) is 16.4. The fourth-order valence-electron chi connectivity index (χ4n) is 3.12. The maximum absolute atomic E-state index is 12.5. The Bertz CT molecular complexity index is 1110. The van der Waals surface area contributed by atoms with Crippen LogP contribution in [0.25, 0.3) is 0 Å². The minimum atomic E-state index is -0.566. The number of para-hydroxylation sites is 1. The van der Waals surface area contributed by atoms with Gasteiger partial charge in [0.25, 0.3) is 0 Å². The average molecular weight is 442 g/mol. The Morgan fingerprint density at radius 1 is 1.19 bits per heavy atom. The molecular formula is C21H16BrNO3S. The van der Waals surface area contributed by atoms with Crippen LogP contribution in [-0.2, 0) is 0 Å². The summed E-state index contributed by atoms with van der Waals surface area (Å²) in [4.78, 5) is 18.2. The molecule has 6 heteroatoms.